The zero-order valence-corrected chi connectivity index (χ0v) is 9.35. The number of para-hydroxylation sites is 1. The van der Waals surface area contributed by atoms with Gasteiger partial charge in [-0.15, -0.1) is 0 Å². The van der Waals surface area contributed by atoms with Crippen LogP contribution in [0.3, 0.4) is 0 Å². The van der Waals surface area contributed by atoms with Gasteiger partial charge < -0.3 is 14.6 Å². The maximum absolute atomic E-state index is 10.2. The zero-order chi connectivity index (χ0) is 11.2. The number of benzene rings is 1. The van der Waals surface area contributed by atoms with E-state index in [0.29, 0.717) is 6.42 Å². The van der Waals surface area contributed by atoms with E-state index in [9.17, 15) is 5.11 Å². The van der Waals surface area contributed by atoms with Crippen LogP contribution in [0.2, 0.25) is 0 Å². The molecule has 0 aromatic heterocycles. The predicted molar refractivity (Wildman–Crippen MR) is 59.4 cm³/mol. The third-order valence-electron chi connectivity index (χ3n) is 3.76. The molecular formula is C13H16O3. The zero-order valence-electron chi connectivity index (χ0n) is 9.35. The van der Waals surface area contributed by atoms with Crippen molar-refractivity contribution in [3.8, 4) is 5.75 Å². The molecule has 2 aliphatic rings. The molecule has 0 aliphatic carbocycles. The lowest BCUT2D eigenvalue weighted by Gasteiger charge is -2.39. The van der Waals surface area contributed by atoms with Crippen LogP contribution in [0.5, 0.6) is 5.75 Å². The van der Waals surface area contributed by atoms with Gasteiger partial charge in [-0.2, -0.15) is 0 Å². The molecule has 2 aliphatic heterocycles. The Morgan fingerprint density at radius 2 is 2.19 bits per heavy atom. The number of aliphatic hydroxyl groups is 1. The van der Waals surface area contributed by atoms with Crippen LogP contribution in [0, 0.1) is 0 Å². The van der Waals surface area contributed by atoms with Gasteiger partial charge in [-0.3, -0.25) is 0 Å². The number of hydrogen-bond donors (Lipinski definition) is 1. The Morgan fingerprint density at radius 3 is 2.94 bits per heavy atom. The quantitative estimate of drug-likeness (QED) is 0.727. The molecule has 3 rings (SSSR count). The third kappa shape index (κ3) is 1.35. The number of hydrogen-bond acceptors (Lipinski definition) is 3. The summed E-state index contributed by atoms with van der Waals surface area (Å²) in [5.74, 6) is 0.804. The number of rotatable bonds is 0. The summed E-state index contributed by atoms with van der Waals surface area (Å²) in [5, 5.41) is 10.2. The first-order chi connectivity index (χ1) is 7.71. The molecule has 1 N–H and O–H groups in total. The second-order valence-corrected chi connectivity index (χ2v) is 4.69. The molecule has 0 amide bonds. The second kappa shape index (κ2) is 3.47. The third-order valence-corrected chi connectivity index (χ3v) is 3.76. The molecule has 1 spiro atoms. The van der Waals surface area contributed by atoms with Crippen LogP contribution in [0.1, 0.15) is 31.4 Å². The van der Waals surface area contributed by atoms with E-state index in [4.69, 9.17) is 9.47 Å². The van der Waals surface area contributed by atoms with E-state index >= 15 is 0 Å². The van der Waals surface area contributed by atoms with Crippen LogP contribution in [-0.4, -0.2) is 23.4 Å². The van der Waals surface area contributed by atoms with Crippen molar-refractivity contribution in [2.24, 2.45) is 0 Å². The van der Waals surface area contributed by atoms with Crippen molar-refractivity contribution in [3.05, 3.63) is 29.8 Å². The molecular weight excluding hydrogens is 204 g/mol. The van der Waals surface area contributed by atoms with E-state index in [1.54, 1.807) is 0 Å². The first-order valence-electron chi connectivity index (χ1n) is 5.79. The Hall–Kier alpha value is -1.06. The molecule has 0 radical (unpaired) electrons. The van der Waals surface area contributed by atoms with Crippen LogP contribution < -0.4 is 4.74 Å². The molecule has 3 heteroatoms. The number of fused-ring (bicyclic) bond motifs is 1. The molecule has 2 unspecified atom stereocenters. The van der Waals surface area contributed by atoms with Gasteiger partial charge in [0.2, 0.25) is 0 Å². The highest BCUT2D eigenvalue weighted by Gasteiger charge is 2.48. The van der Waals surface area contributed by atoms with Crippen molar-refractivity contribution in [1.29, 1.82) is 0 Å². The lowest BCUT2D eigenvalue weighted by Crippen LogP contribution is -2.46. The Kier molecular flexibility index (Phi) is 2.19. The monoisotopic (exact) mass is 220 g/mol. The molecule has 3 atom stereocenters. The van der Waals surface area contributed by atoms with Gasteiger partial charge in [0.25, 0.3) is 0 Å². The maximum atomic E-state index is 10.2. The fraction of sp³-hybridized carbons (Fsp3) is 0.538. The molecule has 0 bridgehead atoms. The van der Waals surface area contributed by atoms with Crippen LogP contribution in [0.15, 0.2) is 24.3 Å². The van der Waals surface area contributed by atoms with Crippen molar-refractivity contribution in [3.63, 3.8) is 0 Å². The van der Waals surface area contributed by atoms with E-state index in [1.807, 2.05) is 31.2 Å². The highest BCUT2D eigenvalue weighted by molar-refractivity contribution is 5.38. The minimum absolute atomic E-state index is 0.0514. The fourth-order valence-corrected chi connectivity index (χ4v) is 2.71. The standard InChI is InChI=1S/C13H16O3/c1-9-13(6-7-15-9)8-11(14)10-4-2-3-5-12(10)16-13/h2-5,9,11,14H,6-8H2,1H3/t9?,11-,13?/m1/s1. The summed E-state index contributed by atoms with van der Waals surface area (Å²) < 4.78 is 11.7. The van der Waals surface area contributed by atoms with E-state index in [1.165, 1.54) is 0 Å². The lowest BCUT2D eigenvalue weighted by molar-refractivity contribution is -0.0565. The molecule has 16 heavy (non-hydrogen) atoms. The van der Waals surface area contributed by atoms with Crippen molar-refractivity contribution in [1.82, 2.24) is 0 Å². The number of ether oxygens (including phenoxy) is 2. The molecule has 1 aromatic carbocycles. The van der Waals surface area contributed by atoms with Crippen molar-refractivity contribution < 1.29 is 14.6 Å². The van der Waals surface area contributed by atoms with E-state index < -0.39 is 6.10 Å². The summed E-state index contributed by atoms with van der Waals surface area (Å²) in [6.45, 7) is 2.74. The minimum Gasteiger partial charge on any atom is -0.484 e. The summed E-state index contributed by atoms with van der Waals surface area (Å²) >= 11 is 0. The molecule has 1 fully saturated rings. The summed E-state index contributed by atoms with van der Waals surface area (Å²) in [7, 11) is 0. The van der Waals surface area contributed by atoms with E-state index in [0.717, 1.165) is 24.3 Å². The van der Waals surface area contributed by atoms with Crippen LogP contribution in [0.4, 0.5) is 0 Å². The molecule has 2 heterocycles. The van der Waals surface area contributed by atoms with Gasteiger partial charge in [0, 0.05) is 18.4 Å². The van der Waals surface area contributed by atoms with Crippen molar-refractivity contribution in [2.75, 3.05) is 6.61 Å². The number of aliphatic hydroxyl groups excluding tert-OH is 1. The fourth-order valence-electron chi connectivity index (χ4n) is 2.71. The first kappa shape index (κ1) is 10.1. The Morgan fingerprint density at radius 1 is 1.38 bits per heavy atom. The van der Waals surface area contributed by atoms with Crippen molar-refractivity contribution in [2.45, 2.75) is 37.6 Å². The summed E-state index contributed by atoms with van der Waals surface area (Å²) in [6.07, 6.45) is 1.11. The van der Waals surface area contributed by atoms with E-state index in [2.05, 4.69) is 0 Å². The molecule has 0 saturated carbocycles. The van der Waals surface area contributed by atoms with Gasteiger partial charge in [-0.1, -0.05) is 18.2 Å². The highest BCUT2D eigenvalue weighted by Crippen LogP contribution is 2.45. The van der Waals surface area contributed by atoms with E-state index in [-0.39, 0.29) is 11.7 Å². The SMILES string of the molecule is CC1OCCC12C[C@@H](O)c1ccccc1O2. The molecule has 1 aromatic rings. The Balaban J connectivity index is 2.00. The molecule has 3 nitrogen and oxygen atoms in total. The van der Waals surface area contributed by atoms with Gasteiger partial charge in [-0.05, 0) is 13.0 Å². The maximum Gasteiger partial charge on any atom is 0.140 e. The predicted octanol–water partition coefficient (Wildman–Crippen LogP) is 2.05. The van der Waals surface area contributed by atoms with Gasteiger partial charge >= 0.3 is 0 Å². The minimum atomic E-state index is -0.436. The van der Waals surface area contributed by atoms with Gasteiger partial charge in [0.05, 0.1) is 18.8 Å². The average Bonchev–Trinajstić information content (AvgIpc) is 2.60. The smallest absolute Gasteiger partial charge is 0.140 e. The van der Waals surface area contributed by atoms with Crippen LogP contribution in [0.25, 0.3) is 0 Å². The highest BCUT2D eigenvalue weighted by atomic mass is 16.6. The van der Waals surface area contributed by atoms with Crippen LogP contribution in [-0.2, 0) is 4.74 Å². The molecule has 86 valence electrons. The largest absolute Gasteiger partial charge is 0.484 e. The first-order valence-corrected chi connectivity index (χ1v) is 5.79. The summed E-state index contributed by atoms with van der Waals surface area (Å²) in [4.78, 5) is 0. The Bertz CT molecular complexity index is 404. The van der Waals surface area contributed by atoms with Crippen molar-refractivity contribution >= 4 is 0 Å². The van der Waals surface area contributed by atoms with Gasteiger partial charge in [0.1, 0.15) is 11.4 Å². The van der Waals surface area contributed by atoms with Gasteiger partial charge in [-0.25, -0.2) is 0 Å². The molecule has 1 saturated heterocycles. The van der Waals surface area contributed by atoms with Crippen LogP contribution >= 0.6 is 0 Å². The second-order valence-electron chi connectivity index (χ2n) is 4.69. The summed E-state index contributed by atoms with van der Waals surface area (Å²) in [6, 6.07) is 7.71. The Labute approximate surface area is 95.0 Å². The lowest BCUT2D eigenvalue weighted by atomic mass is 9.84. The average molecular weight is 220 g/mol. The summed E-state index contributed by atoms with van der Waals surface area (Å²) in [5.41, 5.74) is 0.570. The van der Waals surface area contributed by atoms with Gasteiger partial charge in [0.15, 0.2) is 0 Å². The topological polar surface area (TPSA) is 38.7 Å². The normalized spacial score (nSPS) is 37.1.